The van der Waals surface area contributed by atoms with Crippen molar-refractivity contribution in [2.75, 3.05) is 0 Å². The van der Waals surface area contributed by atoms with E-state index in [1.54, 1.807) is 30.3 Å². The van der Waals surface area contributed by atoms with Crippen molar-refractivity contribution in [1.29, 1.82) is 0 Å². The number of hydrogen-bond donors (Lipinski definition) is 1. The van der Waals surface area contributed by atoms with E-state index >= 15 is 0 Å². The quantitative estimate of drug-likeness (QED) is 0.659. The second kappa shape index (κ2) is 9.76. The SMILES string of the molecule is CCC(C)C.O=C(NCc1cccc(F)c1)c1cnc2c(F)cccc2c1. The van der Waals surface area contributed by atoms with Gasteiger partial charge in [0, 0.05) is 18.1 Å². The lowest BCUT2D eigenvalue weighted by Gasteiger charge is -2.06. The number of rotatable bonds is 4. The Morgan fingerprint density at radius 3 is 2.48 bits per heavy atom. The van der Waals surface area contributed by atoms with E-state index in [4.69, 9.17) is 0 Å². The van der Waals surface area contributed by atoms with Crippen LogP contribution >= 0.6 is 0 Å². The Balaban J connectivity index is 0.000000465. The molecular weight excluding hydrogens is 346 g/mol. The van der Waals surface area contributed by atoms with Crippen LogP contribution in [0.5, 0.6) is 0 Å². The largest absolute Gasteiger partial charge is 0.348 e. The summed E-state index contributed by atoms with van der Waals surface area (Å²) in [5.74, 6) is -0.239. The molecule has 0 saturated carbocycles. The number of nitrogens with one attached hydrogen (secondary N) is 1. The summed E-state index contributed by atoms with van der Waals surface area (Å²) in [7, 11) is 0. The minimum atomic E-state index is -0.427. The predicted octanol–water partition coefficient (Wildman–Crippen LogP) is 5.50. The molecule has 3 nitrogen and oxygen atoms in total. The van der Waals surface area contributed by atoms with Crippen LogP contribution in [-0.2, 0) is 6.54 Å². The zero-order chi connectivity index (χ0) is 19.8. The number of amides is 1. The number of halogens is 2. The first-order chi connectivity index (χ1) is 12.9. The highest BCUT2D eigenvalue weighted by Crippen LogP contribution is 2.16. The molecule has 0 atom stereocenters. The Labute approximate surface area is 158 Å². The monoisotopic (exact) mass is 370 g/mol. The van der Waals surface area contributed by atoms with E-state index < -0.39 is 5.82 Å². The van der Waals surface area contributed by atoms with Crippen molar-refractivity contribution in [2.45, 2.75) is 33.7 Å². The van der Waals surface area contributed by atoms with Crippen LogP contribution < -0.4 is 5.32 Å². The average molecular weight is 370 g/mol. The van der Waals surface area contributed by atoms with Gasteiger partial charge in [-0.3, -0.25) is 9.78 Å². The van der Waals surface area contributed by atoms with E-state index in [9.17, 15) is 13.6 Å². The zero-order valence-electron chi connectivity index (χ0n) is 15.8. The first kappa shape index (κ1) is 20.5. The smallest absolute Gasteiger partial charge is 0.253 e. The van der Waals surface area contributed by atoms with Gasteiger partial charge in [-0.1, -0.05) is 51.5 Å². The summed E-state index contributed by atoms with van der Waals surface area (Å²) >= 11 is 0. The van der Waals surface area contributed by atoms with Gasteiger partial charge in [0.2, 0.25) is 0 Å². The minimum Gasteiger partial charge on any atom is -0.348 e. The van der Waals surface area contributed by atoms with Crippen molar-refractivity contribution in [2.24, 2.45) is 5.92 Å². The Morgan fingerprint density at radius 2 is 1.81 bits per heavy atom. The number of fused-ring (bicyclic) bond motifs is 1. The molecule has 27 heavy (non-hydrogen) atoms. The zero-order valence-corrected chi connectivity index (χ0v) is 15.8. The fourth-order valence-electron chi connectivity index (χ4n) is 2.18. The van der Waals surface area contributed by atoms with Crippen molar-refractivity contribution in [3.05, 3.63) is 77.5 Å². The van der Waals surface area contributed by atoms with Gasteiger partial charge in [0.05, 0.1) is 5.56 Å². The molecule has 1 N–H and O–H groups in total. The molecule has 0 unspecified atom stereocenters. The van der Waals surface area contributed by atoms with Gasteiger partial charge in [0.15, 0.2) is 0 Å². The van der Waals surface area contributed by atoms with Crippen LogP contribution in [0.3, 0.4) is 0 Å². The number of pyridine rings is 1. The lowest BCUT2D eigenvalue weighted by atomic mass is 10.1. The standard InChI is InChI=1S/C17H12F2N2O.C5H12/c18-14-5-1-3-11(7-14)9-21-17(22)13-8-12-4-2-6-15(19)16(12)20-10-13;1-4-5(2)3/h1-8,10H,9H2,(H,21,22);5H,4H2,1-3H3. The lowest BCUT2D eigenvalue weighted by Crippen LogP contribution is -2.23. The predicted molar refractivity (Wildman–Crippen MR) is 104 cm³/mol. The third-order valence-electron chi connectivity index (χ3n) is 4.08. The molecule has 0 aliphatic heterocycles. The van der Waals surface area contributed by atoms with Crippen LogP contribution in [-0.4, -0.2) is 10.9 Å². The van der Waals surface area contributed by atoms with Gasteiger partial charge >= 0.3 is 0 Å². The number of aromatic nitrogens is 1. The van der Waals surface area contributed by atoms with Gasteiger partial charge < -0.3 is 5.32 Å². The van der Waals surface area contributed by atoms with Crippen LogP contribution in [0.1, 0.15) is 43.1 Å². The van der Waals surface area contributed by atoms with Crippen LogP contribution in [0.2, 0.25) is 0 Å². The fraction of sp³-hybridized carbons (Fsp3) is 0.273. The molecule has 3 rings (SSSR count). The number of hydrogen-bond acceptors (Lipinski definition) is 2. The molecule has 0 aliphatic carbocycles. The molecule has 1 heterocycles. The molecule has 0 aliphatic rings. The fourth-order valence-corrected chi connectivity index (χ4v) is 2.18. The van der Waals surface area contributed by atoms with Crippen molar-refractivity contribution in [3.8, 4) is 0 Å². The average Bonchev–Trinajstić information content (AvgIpc) is 2.66. The van der Waals surface area contributed by atoms with E-state index in [0.717, 1.165) is 5.92 Å². The third kappa shape index (κ3) is 6.13. The summed E-state index contributed by atoms with van der Waals surface area (Å²) < 4.78 is 26.6. The molecule has 3 aromatic rings. The molecule has 1 aromatic heterocycles. The first-order valence-corrected chi connectivity index (χ1v) is 8.97. The van der Waals surface area contributed by atoms with Crippen molar-refractivity contribution >= 4 is 16.8 Å². The van der Waals surface area contributed by atoms with Gasteiger partial charge in [-0.15, -0.1) is 0 Å². The maximum absolute atomic E-state index is 13.5. The third-order valence-corrected chi connectivity index (χ3v) is 4.08. The van der Waals surface area contributed by atoms with Crippen LogP contribution in [0, 0.1) is 17.6 Å². The highest BCUT2D eigenvalue weighted by molar-refractivity contribution is 5.97. The maximum Gasteiger partial charge on any atom is 0.253 e. The van der Waals surface area contributed by atoms with Crippen molar-refractivity contribution < 1.29 is 13.6 Å². The normalized spacial score (nSPS) is 10.4. The van der Waals surface area contributed by atoms with Gasteiger partial charge in [-0.05, 0) is 35.7 Å². The number of para-hydroxylation sites is 1. The number of carbonyl (C=O) groups is 1. The van der Waals surface area contributed by atoms with E-state index in [0.29, 0.717) is 16.5 Å². The van der Waals surface area contributed by atoms with Crippen molar-refractivity contribution in [3.63, 3.8) is 0 Å². The molecule has 0 radical (unpaired) electrons. The Hall–Kier alpha value is -2.82. The molecule has 1 amide bonds. The summed E-state index contributed by atoms with van der Waals surface area (Å²) in [6.45, 7) is 6.85. The van der Waals surface area contributed by atoms with Crippen LogP contribution in [0.25, 0.3) is 10.9 Å². The lowest BCUT2D eigenvalue weighted by molar-refractivity contribution is 0.0950. The molecule has 0 spiro atoms. The molecular formula is C22H24F2N2O. The Morgan fingerprint density at radius 1 is 1.11 bits per heavy atom. The van der Waals surface area contributed by atoms with Crippen molar-refractivity contribution in [1.82, 2.24) is 10.3 Å². The van der Waals surface area contributed by atoms with Crippen LogP contribution in [0.15, 0.2) is 54.7 Å². The molecule has 0 fully saturated rings. The number of benzene rings is 2. The van der Waals surface area contributed by atoms with Crippen LogP contribution in [0.4, 0.5) is 8.78 Å². The topological polar surface area (TPSA) is 42.0 Å². The number of nitrogens with zero attached hydrogens (tertiary/aromatic N) is 1. The second-order valence-electron chi connectivity index (χ2n) is 6.65. The second-order valence-corrected chi connectivity index (χ2v) is 6.65. The first-order valence-electron chi connectivity index (χ1n) is 8.97. The minimum absolute atomic E-state index is 0.206. The van der Waals surface area contributed by atoms with Gasteiger partial charge in [0.1, 0.15) is 17.2 Å². The Bertz CT molecular complexity index is 910. The summed E-state index contributed by atoms with van der Waals surface area (Å²) in [5, 5.41) is 3.24. The summed E-state index contributed by atoms with van der Waals surface area (Å²) in [4.78, 5) is 16.1. The maximum atomic E-state index is 13.5. The summed E-state index contributed by atoms with van der Waals surface area (Å²) in [6.07, 6.45) is 2.63. The van der Waals surface area contributed by atoms with E-state index in [-0.39, 0.29) is 23.8 Å². The summed E-state index contributed by atoms with van der Waals surface area (Å²) in [5.41, 5.74) is 1.21. The molecule has 2 aromatic carbocycles. The highest BCUT2D eigenvalue weighted by atomic mass is 19.1. The molecule has 142 valence electrons. The Kier molecular flexibility index (Phi) is 7.41. The number of carbonyl (C=O) groups excluding carboxylic acids is 1. The van der Waals surface area contributed by atoms with Gasteiger partial charge in [0.25, 0.3) is 5.91 Å². The van der Waals surface area contributed by atoms with E-state index in [1.807, 2.05) is 0 Å². The van der Waals surface area contributed by atoms with E-state index in [2.05, 4.69) is 31.1 Å². The van der Waals surface area contributed by atoms with E-state index in [1.165, 1.54) is 30.8 Å². The molecule has 0 bridgehead atoms. The molecule has 0 saturated heterocycles. The van der Waals surface area contributed by atoms with Gasteiger partial charge in [-0.2, -0.15) is 0 Å². The molecule has 5 heteroatoms. The summed E-state index contributed by atoms with van der Waals surface area (Å²) in [6, 6.07) is 12.1. The van der Waals surface area contributed by atoms with Gasteiger partial charge in [-0.25, -0.2) is 8.78 Å². The highest BCUT2D eigenvalue weighted by Gasteiger charge is 2.09.